The van der Waals surface area contributed by atoms with Crippen LogP contribution in [0.3, 0.4) is 0 Å². The molecule has 0 radical (unpaired) electrons. The third-order valence-electron chi connectivity index (χ3n) is 5.83. The Morgan fingerprint density at radius 3 is 1.58 bits per heavy atom. The number of hydrogen-bond donors (Lipinski definition) is 1. The Bertz CT molecular complexity index is 1080. The molecule has 0 aliphatic carbocycles. The molecule has 0 saturated carbocycles. The number of phenols is 1. The molecule has 0 amide bonds. The minimum atomic E-state index is -3.59. The first kappa shape index (κ1) is 32.7. The highest BCUT2D eigenvalue weighted by Gasteiger charge is 2.38. The van der Waals surface area contributed by atoms with Crippen molar-refractivity contribution in [2.75, 3.05) is 17.7 Å². The van der Waals surface area contributed by atoms with Gasteiger partial charge >= 0.3 is 7.60 Å². The third-order valence-corrected chi connectivity index (χ3v) is 8.42. The van der Waals surface area contributed by atoms with E-state index in [1.807, 2.05) is 77.9 Å². The molecule has 0 spiro atoms. The molecule has 0 aliphatic rings. The van der Waals surface area contributed by atoms with E-state index in [-0.39, 0.29) is 17.1 Å². The summed E-state index contributed by atoms with van der Waals surface area (Å²) < 4.78 is 26.7. The Balaban J connectivity index is 2.69. The zero-order chi connectivity index (χ0) is 29.3. The Morgan fingerprint density at radius 1 is 0.789 bits per heavy atom. The molecule has 2 aromatic carbocycles. The molecule has 0 saturated heterocycles. The van der Waals surface area contributed by atoms with E-state index in [1.165, 1.54) is 0 Å². The quantitative estimate of drug-likeness (QED) is 0.323. The van der Waals surface area contributed by atoms with Crippen molar-refractivity contribution in [3.8, 4) is 5.75 Å². The number of rotatable bonds is 8. The van der Waals surface area contributed by atoms with Gasteiger partial charge < -0.3 is 19.1 Å². The molecule has 0 fully saturated rings. The first-order valence-corrected chi connectivity index (χ1v) is 15.5. The van der Waals surface area contributed by atoms with E-state index in [1.54, 1.807) is 0 Å². The topological polar surface area (TPSA) is 59.0 Å². The molecule has 0 unspecified atom stereocenters. The second-order valence-corrected chi connectivity index (χ2v) is 16.5. The van der Waals surface area contributed by atoms with E-state index in [4.69, 9.17) is 20.6 Å². The van der Waals surface area contributed by atoms with E-state index < -0.39 is 18.8 Å². The number of hydrogen-bond acceptors (Lipinski definition) is 5. The summed E-state index contributed by atoms with van der Waals surface area (Å²) in [6.07, 6.45) is 0.784. The predicted molar refractivity (Wildman–Crippen MR) is 162 cm³/mol. The third kappa shape index (κ3) is 9.90. The molecule has 7 heteroatoms. The van der Waals surface area contributed by atoms with E-state index in [0.717, 1.165) is 22.4 Å². The van der Waals surface area contributed by atoms with E-state index in [9.17, 15) is 9.67 Å². The van der Waals surface area contributed by atoms with Gasteiger partial charge in [0.05, 0.1) is 11.2 Å². The largest absolute Gasteiger partial charge is 0.507 e. The fourth-order valence-corrected chi connectivity index (χ4v) is 6.93. The number of nitrogens with zero attached hydrogens (tertiary/aromatic N) is 1. The highest BCUT2D eigenvalue weighted by Crippen LogP contribution is 2.55. The van der Waals surface area contributed by atoms with Crippen molar-refractivity contribution in [3.63, 3.8) is 0 Å². The van der Waals surface area contributed by atoms with E-state index in [2.05, 4.69) is 46.4 Å². The fraction of sp³-hybridized carbons (Fsp3) is 0.613. The maximum atomic E-state index is 14.4. The zero-order valence-corrected chi connectivity index (χ0v) is 27.2. The molecular formula is C31H49ClNO4P. The van der Waals surface area contributed by atoms with Crippen LogP contribution in [-0.2, 0) is 30.9 Å². The monoisotopic (exact) mass is 565 g/mol. The van der Waals surface area contributed by atoms with Crippen LogP contribution in [0.2, 0.25) is 5.02 Å². The number of halogens is 1. The van der Waals surface area contributed by atoms with Crippen LogP contribution < -0.4 is 4.90 Å². The lowest BCUT2D eigenvalue weighted by atomic mass is 9.79. The van der Waals surface area contributed by atoms with Crippen molar-refractivity contribution < 1.29 is 18.7 Å². The summed E-state index contributed by atoms with van der Waals surface area (Å²) in [5, 5.41) is 12.0. The van der Waals surface area contributed by atoms with Crippen molar-refractivity contribution in [2.24, 2.45) is 0 Å². The Hall–Kier alpha value is -1.52. The highest BCUT2D eigenvalue weighted by molar-refractivity contribution is 7.54. The first-order valence-electron chi connectivity index (χ1n) is 13.4. The molecule has 5 nitrogen and oxygen atoms in total. The predicted octanol–water partition coefficient (Wildman–Crippen LogP) is 9.47. The molecule has 0 atom stereocenters. The SMILES string of the molecule is CC(C)(C)OP(=O)(CN(CCc1ccc(Cl)cc1)c1cc(C(C)(C)C)c(O)c(C(C)(C)C)c1)OC(C)(C)C. The second-order valence-electron chi connectivity index (χ2n) is 14.2. The Morgan fingerprint density at radius 2 is 1.21 bits per heavy atom. The van der Waals surface area contributed by atoms with Crippen molar-refractivity contribution in [1.29, 1.82) is 0 Å². The normalized spacial score (nSPS) is 13.6. The number of benzene rings is 2. The summed E-state index contributed by atoms with van der Waals surface area (Å²) in [4.78, 5) is 2.08. The molecular weight excluding hydrogens is 517 g/mol. The molecule has 0 aromatic heterocycles. The number of aromatic hydroxyl groups is 1. The molecule has 2 aromatic rings. The van der Waals surface area contributed by atoms with Crippen molar-refractivity contribution in [1.82, 2.24) is 0 Å². The van der Waals surface area contributed by atoms with Crippen LogP contribution in [-0.4, -0.2) is 29.1 Å². The molecule has 1 N–H and O–H groups in total. The summed E-state index contributed by atoms with van der Waals surface area (Å²) >= 11 is 6.11. The highest BCUT2D eigenvalue weighted by atomic mass is 35.5. The Kier molecular flexibility index (Phi) is 9.92. The maximum Gasteiger partial charge on any atom is 0.350 e. The van der Waals surface area contributed by atoms with Crippen molar-refractivity contribution in [2.45, 2.75) is 112 Å². The minimum Gasteiger partial charge on any atom is -0.507 e. The van der Waals surface area contributed by atoms with Gasteiger partial charge in [-0.25, -0.2) is 0 Å². The summed E-state index contributed by atoms with van der Waals surface area (Å²) in [6, 6.07) is 11.8. The summed E-state index contributed by atoms with van der Waals surface area (Å²) in [5.41, 5.74) is 1.77. The van der Waals surface area contributed by atoms with E-state index >= 15 is 0 Å². The number of anilines is 1. The van der Waals surface area contributed by atoms with Crippen LogP contribution >= 0.6 is 19.2 Å². The molecule has 38 heavy (non-hydrogen) atoms. The van der Waals surface area contributed by atoms with Crippen LogP contribution in [0.5, 0.6) is 5.75 Å². The lowest BCUT2D eigenvalue weighted by Crippen LogP contribution is -2.33. The number of phenolic OH excluding ortho intramolecular Hbond substituents is 1. The molecule has 214 valence electrons. The smallest absolute Gasteiger partial charge is 0.350 e. The molecule has 0 aliphatic heterocycles. The Labute approximate surface area is 236 Å². The molecule has 0 heterocycles. The average molecular weight is 566 g/mol. The lowest BCUT2D eigenvalue weighted by Gasteiger charge is -2.37. The maximum absolute atomic E-state index is 14.4. The van der Waals surface area contributed by atoms with Crippen molar-refractivity contribution in [3.05, 3.63) is 58.1 Å². The summed E-state index contributed by atoms with van der Waals surface area (Å²) in [6.45, 7) is 24.4. The van der Waals surface area contributed by atoms with Gasteiger partial charge in [0.2, 0.25) is 0 Å². The van der Waals surface area contributed by atoms with Gasteiger partial charge in [-0.2, -0.15) is 0 Å². The van der Waals surface area contributed by atoms with Crippen LogP contribution in [0.1, 0.15) is 99.8 Å². The van der Waals surface area contributed by atoms with Crippen molar-refractivity contribution >= 4 is 24.9 Å². The molecule has 0 bridgehead atoms. The summed E-state index contributed by atoms with van der Waals surface area (Å²) in [7, 11) is -3.59. The van der Waals surface area contributed by atoms with Gasteiger partial charge in [0, 0.05) is 28.4 Å². The van der Waals surface area contributed by atoms with Gasteiger partial charge in [0.1, 0.15) is 12.0 Å². The second kappa shape index (κ2) is 11.5. The van der Waals surface area contributed by atoms with Gasteiger partial charge in [-0.05, 0) is 88.6 Å². The fourth-order valence-electron chi connectivity index (χ4n) is 4.26. The van der Waals surface area contributed by atoms with Gasteiger partial charge in [-0.1, -0.05) is 65.3 Å². The van der Waals surface area contributed by atoms with Crippen LogP contribution in [0, 0.1) is 0 Å². The van der Waals surface area contributed by atoms with Crippen LogP contribution in [0.15, 0.2) is 36.4 Å². The average Bonchev–Trinajstić information content (AvgIpc) is 2.67. The first-order chi connectivity index (χ1) is 17.0. The minimum absolute atomic E-state index is 0.0765. The van der Waals surface area contributed by atoms with Gasteiger partial charge in [-0.15, -0.1) is 0 Å². The van der Waals surface area contributed by atoms with Gasteiger partial charge in [0.25, 0.3) is 0 Å². The standard InChI is InChI=1S/C31H49ClNO4P/c1-28(2,3)25-19-24(20-26(27(25)34)29(4,5)6)33(18-17-22-13-15-23(32)16-14-22)21-38(35,36-30(7,8)9)37-31(10,11)12/h13-16,19-20,34H,17-18,21H2,1-12H3. The van der Waals surface area contributed by atoms with Gasteiger partial charge in [-0.3, -0.25) is 4.57 Å². The lowest BCUT2D eigenvalue weighted by molar-refractivity contribution is 0.0493. The van der Waals surface area contributed by atoms with Gasteiger partial charge in [0.15, 0.2) is 0 Å². The van der Waals surface area contributed by atoms with Crippen LogP contribution in [0.4, 0.5) is 5.69 Å². The van der Waals surface area contributed by atoms with Crippen LogP contribution in [0.25, 0.3) is 0 Å². The van der Waals surface area contributed by atoms with E-state index in [0.29, 0.717) is 23.7 Å². The zero-order valence-electron chi connectivity index (χ0n) is 25.5. The summed E-state index contributed by atoms with van der Waals surface area (Å²) in [5.74, 6) is 0.312. The molecule has 2 rings (SSSR count).